The van der Waals surface area contributed by atoms with Crippen LogP contribution in [0.5, 0.6) is 0 Å². The normalized spacial score (nSPS) is 17.2. The third kappa shape index (κ3) is 2.90. The van der Waals surface area contributed by atoms with Crippen LogP contribution in [-0.2, 0) is 6.18 Å². The fraction of sp³-hybridized carbons (Fsp3) is 0.455. The first kappa shape index (κ1) is 15.5. The van der Waals surface area contributed by atoms with Gasteiger partial charge in [-0.05, 0) is 30.9 Å². The number of rotatable bonds is 2. The molecule has 1 aromatic rings. The zero-order valence-electron chi connectivity index (χ0n) is 9.10. The molecule has 0 aromatic heterocycles. The smallest absolute Gasteiger partial charge is 0.324 e. The first-order chi connectivity index (χ1) is 7.82. The number of nitrogens with two attached hydrogens (primary N) is 1. The molecule has 1 fully saturated rings. The van der Waals surface area contributed by atoms with Gasteiger partial charge in [0.1, 0.15) is 5.82 Å². The summed E-state index contributed by atoms with van der Waals surface area (Å²) < 4.78 is 51.9. The Labute approximate surface area is 113 Å². The molecule has 1 saturated carbocycles. The summed E-state index contributed by atoms with van der Waals surface area (Å²) in [6.07, 6.45) is -3.16. The van der Waals surface area contributed by atoms with Gasteiger partial charge in [-0.2, -0.15) is 13.2 Å². The van der Waals surface area contributed by atoms with E-state index < -0.39 is 29.2 Å². The van der Waals surface area contributed by atoms with Crippen LogP contribution in [0.4, 0.5) is 17.6 Å². The summed E-state index contributed by atoms with van der Waals surface area (Å²) in [5.41, 5.74) is 4.13. The number of hydrogen-bond donors (Lipinski definition) is 1. The van der Waals surface area contributed by atoms with Crippen LogP contribution in [0.2, 0.25) is 5.02 Å². The largest absolute Gasteiger partial charge is 0.416 e. The molecule has 0 unspecified atom stereocenters. The number of alkyl halides is 3. The molecule has 1 atom stereocenters. The molecule has 2 N–H and O–H groups in total. The molecular formula is C11H11Cl2F4N. The maximum absolute atomic E-state index is 13.7. The summed E-state index contributed by atoms with van der Waals surface area (Å²) in [6, 6.07) is 0.747. The van der Waals surface area contributed by atoms with Gasteiger partial charge in [-0.3, -0.25) is 0 Å². The predicted octanol–water partition coefficient (Wildman–Crippen LogP) is 4.33. The van der Waals surface area contributed by atoms with Crippen molar-refractivity contribution in [2.24, 2.45) is 11.7 Å². The fourth-order valence-electron chi connectivity index (χ4n) is 1.83. The second-order valence-corrected chi connectivity index (χ2v) is 4.59. The summed E-state index contributed by atoms with van der Waals surface area (Å²) in [7, 11) is 0. The van der Waals surface area contributed by atoms with Gasteiger partial charge < -0.3 is 5.73 Å². The Morgan fingerprint density at radius 1 is 1.28 bits per heavy atom. The van der Waals surface area contributed by atoms with Gasteiger partial charge in [0.15, 0.2) is 0 Å². The summed E-state index contributed by atoms with van der Waals surface area (Å²) in [6.45, 7) is 0. The van der Waals surface area contributed by atoms with Crippen molar-refractivity contribution in [1.29, 1.82) is 0 Å². The standard InChI is InChI=1S/C11H10ClF4N.ClH/c12-7-4-3-6(11(14,15)16)8(9(7)13)10(17)5-1-2-5;/h3-5,10H,1-2,17H2;1H/t10-;/m1./s1. The Morgan fingerprint density at radius 2 is 1.83 bits per heavy atom. The first-order valence-corrected chi connectivity index (χ1v) is 5.51. The second kappa shape index (κ2) is 5.23. The molecule has 0 aliphatic heterocycles. The van der Waals surface area contributed by atoms with Crippen molar-refractivity contribution >= 4 is 24.0 Å². The Bertz CT molecular complexity index is 443. The molecule has 1 nitrogen and oxygen atoms in total. The summed E-state index contributed by atoms with van der Waals surface area (Å²) in [5, 5.41) is -0.330. The van der Waals surface area contributed by atoms with Crippen LogP contribution >= 0.6 is 24.0 Å². The lowest BCUT2D eigenvalue weighted by molar-refractivity contribution is -0.138. The minimum Gasteiger partial charge on any atom is -0.324 e. The van der Waals surface area contributed by atoms with Gasteiger partial charge in [0, 0.05) is 11.6 Å². The molecule has 1 aliphatic carbocycles. The van der Waals surface area contributed by atoms with E-state index in [9.17, 15) is 17.6 Å². The van der Waals surface area contributed by atoms with Crippen molar-refractivity contribution in [3.8, 4) is 0 Å². The minimum atomic E-state index is -4.62. The average Bonchev–Trinajstić information content (AvgIpc) is 3.02. The van der Waals surface area contributed by atoms with Crippen molar-refractivity contribution in [1.82, 2.24) is 0 Å². The topological polar surface area (TPSA) is 26.0 Å². The van der Waals surface area contributed by atoms with Crippen molar-refractivity contribution in [3.05, 3.63) is 34.1 Å². The molecule has 18 heavy (non-hydrogen) atoms. The lowest BCUT2D eigenvalue weighted by Gasteiger charge is -2.19. The van der Waals surface area contributed by atoms with E-state index in [2.05, 4.69) is 0 Å². The Balaban J connectivity index is 0.00000162. The molecule has 1 aromatic carbocycles. The highest BCUT2D eigenvalue weighted by Gasteiger charge is 2.40. The van der Waals surface area contributed by atoms with Crippen LogP contribution in [-0.4, -0.2) is 0 Å². The van der Waals surface area contributed by atoms with Gasteiger partial charge in [0.05, 0.1) is 10.6 Å². The van der Waals surface area contributed by atoms with Gasteiger partial charge in [0.25, 0.3) is 0 Å². The molecule has 0 radical (unpaired) electrons. The highest BCUT2D eigenvalue weighted by atomic mass is 35.5. The fourth-order valence-corrected chi connectivity index (χ4v) is 2.00. The van der Waals surface area contributed by atoms with E-state index in [0.717, 1.165) is 25.0 Å². The molecule has 1 aliphatic rings. The van der Waals surface area contributed by atoms with Gasteiger partial charge in [-0.1, -0.05) is 11.6 Å². The van der Waals surface area contributed by atoms with Gasteiger partial charge in [0.2, 0.25) is 0 Å². The first-order valence-electron chi connectivity index (χ1n) is 5.13. The van der Waals surface area contributed by atoms with E-state index in [-0.39, 0.29) is 23.3 Å². The van der Waals surface area contributed by atoms with Crippen molar-refractivity contribution < 1.29 is 17.6 Å². The highest BCUT2D eigenvalue weighted by Crippen LogP contribution is 2.45. The van der Waals surface area contributed by atoms with E-state index in [1.165, 1.54) is 0 Å². The summed E-state index contributed by atoms with van der Waals surface area (Å²) in [5.74, 6) is -1.13. The van der Waals surface area contributed by atoms with Gasteiger partial charge >= 0.3 is 6.18 Å². The maximum atomic E-state index is 13.7. The van der Waals surface area contributed by atoms with Crippen LogP contribution in [0, 0.1) is 11.7 Å². The van der Waals surface area contributed by atoms with Gasteiger partial charge in [-0.15, -0.1) is 12.4 Å². The number of halogens is 6. The summed E-state index contributed by atoms with van der Waals surface area (Å²) in [4.78, 5) is 0. The predicted molar refractivity (Wildman–Crippen MR) is 63.3 cm³/mol. The van der Waals surface area contributed by atoms with E-state index in [4.69, 9.17) is 17.3 Å². The van der Waals surface area contributed by atoms with Crippen LogP contribution in [0.15, 0.2) is 12.1 Å². The zero-order valence-corrected chi connectivity index (χ0v) is 10.7. The number of hydrogen-bond acceptors (Lipinski definition) is 1. The second-order valence-electron chi connectivity index (χ2n) is 4.18. The maximum Gasteiger partial charge on any atom is 0.416 e. The molecule has 0 spiro atoms. The molecular weight excluding hydrogens is 293 g/mol. The van der Waals surface area contributed by atoms with Crippen LogP contribution in [0.3, 0.4) is 0 Å². The summed E-state index contributed by atoms with van der Waals surface area (Å²) >= 11 is 5.51. The average molecular weight is 304 g/mol. The molecule has 2 rings (SSSR count). The lowest BCUT2D eigenvalue weighted by Crippen LogP contribution is -2.21. The van der Waals surface area contributed by atoms with E-state index in [1.54, 1.807) is 0 Å². The van der Waals surface area contributed by atoms with Gasteiger partial charge in [-0.25, -0.2) is 4.39 Å². The quantitative estimate of drug-likeness (QED) is 0.809. The SMILES string of the molecule is Cl.N[C@@H](c1c(C(F)(F)F)ccc(Cl)c1F)C1CC1. The van der Waals surface area contributed by atoms with E-state index in [0.29, 0.717) is 0 Å². The number of benzene rings is 1. The molecule has 102 valence electrons. The third-order valence-electron chi connectivity index (χ3n) is 2.90. The molecule has 0 bridgehead atoms. The Hall–Kier alpha value is -0.520. The van der Waals surface area contributed by atoms with Crippen molar-refractivity contribution in [2.45, 2.75) is 25.1 Å². The molecule has 0 heterocycles. The third-order valence-corrected chi connectivity index (χ3v) is 3.19. The van der Waals surface area contributed by atoms with E-state index >= 15 is 0 Å². The minimum absolute atomic E-state index is 0. The van der Waals surface area contributed by atoms with Crippen molar-refractivity contribution in [3.63, 3.8) is 0 Å². The van der Waals surface area contributed by atoms with Crippen molar-refractivity contribution in [2.75, 3.05) is 0 Å². The Morgan fingerprint density at radius 3 is 2.28 bits per heavy atom. The van der Waals surface area contributed by atoms with Crippen LogP contribution in [0.1, 0.15) is 30.0 Å². The monoisotopic (exact) mass is 303 g/mol. The Kier molecular flexibility index (Phi) is 4.51. The van der Waals surface area contributed by atoms with E-state index in [1.807, 2.05) is 0 Å². The molecule has 0 amide bonds. The molecule has 0 saturated heterocycles. The molecule has 7 heteroatoms. The lowest BCUT2D eigenvalue weighted by atomic mass is 9.96. The highest BCUT2D eigenvalue weighted by molar-refractivity contribution is 6.30. The van der Waals surface area contributed by atoms with Crippen LogP contribution in [0.25, 0.3) is 0 Å². The zero-order chi connectivity index (χ0) is 12.8. The van der Waals surface area contributed by atoms with Crippen LogP contribution < -0.4 is 5.73 Å².